The Kier molecular flexibility index (Phi) is 66.7. The van der Waals surface area contributed by atoms with Crippen LogP contribution in [0.2, 0.25) is 0 Å². The van der Waals surface area contributed by atoms with Crippen molar-refractivity contribution in [3.63, 3.8) is 0 Å². The minimum atomic E-state index is -0.104. The minimum absolute atomic E-state index is 0.104. The zero-order valence-corrected chi connectivity index (χ0v) is 88.2. The molecule has 2 amide bonds. The van der Waals surface area contributed by atoms with E-state index in [1.54, 1.807) is 40.5 Å². The summed E-state index contributed by atoms with van der Waals surface area (Å²) < 4.78 is 20.3. The number of hydrogen-bond acceptors (Lipinski definition) is 22. The number of hydrogen-bond donors (Lipinski definition) is 2. The average molecular weight is 1930 g/mol. The highest BCUT2D eigenvalue weighted by Gasteiger charge is 2.37. The molecule has 6 rings (SSSR count). The molecule has 0 atom stereocenters. The third kappa shape index (κ3) is 47.1. The maximum absolute atomic E-state index is 14.6. The fourth-order valence-electron chi connectivity index (χ4n) is 13.2. The van der Waals surface area contributed by atoms with Crippen molar-refractivity contribution < 1.29 is 9.59 Å². The lowest BCUT2D eigenvalue weighted by Crippen LogP contribution is -2.29. The quantitative estimate of drug-likeness (QED) is 0.0568. The number of thioether (sulfide) groups is 20. The zero-order valence-electron chi connectivity index (χ0n) is 71.8. The summed E-state index contributed by atoms with van der Waals surface area (Å²) in [7, 11) is 0. The molecule has 0 aromatic heterocycles. The molecule has 0 unspecified atom stereocenters. The summed E-state index contributed by atoms with van der Waals surface area (Å²) in [5.74, 6) is 9.06. The van der Waals surface area contributed by atoms with Crippen LogP contribution in [0.5, 0.6) is 0 Å². The summed E-state index contributed by atoms with van der Waals surface area (Å²) in [4.78, 5) is 33.3. The summed E-state index contributed by atoms with van der Waals surface area (Å²) in [6.45, 7) is 19.7. The number of unbranched alkanes of at least 4 members (excludes halogenated alkanes) is 44. The van der Waals surface area contributed by atoms with Gasteiger partial charge < -0.3 is 10.6 Å². The molecule has 0 fully saturated rings. The van der Waals surface area contributed by atoms with Gasteiger partial charge >= 0.3 is 0 Å². The van der Waals surface area contributed by atoms with Crippen molar-refractivity contribution >= 4 is 247 Å². The number of nitrogens with one attached hydrogen (secondary N) is 2. The van der Waals surface area contributed by atoms with Crippen molar-refractivity contribution in [2.75, 3.05) is 59.1 Å². The first-order valence-electron chi connectivity index (χ1n) is 45.4. The third-order valence-corrected chi connectivity index (χ3v) is 49.8. The molecule has 0 saturated carbocycles. The normalized spacial score (nSPS) is 16.3. The van der Waals surface area contributed by atoms with Gasteiger partial charge in [0.05, 0.1) is 69.1 Å². The summed E-state index contributed by atoms with van der Waals surface area (Å²) in [6.07, 6.45) is 69.1. The first-order valence-corrected chi connectivity index (χ1v) is 63.1. The molecule has 114 heavy (non-hydrogen) atoms. The van der Waals surface area contributed by atoms with Crippen molar-refractivity contribution in [3.05, 3.63) is 78.9 Å². The fourth-order valence-corrected chi connectivity index (χ4v) is 42.9. The minimum Gasteiger partial charge on any atom is -0.352 e. The Bertz CT molecular complexity index is 2730. The average Bonchev–Trinajstić information content (AvgIpc) is 1.65. The molecule has 0 aromatic carbocycles. The van der Waals surface area contributed by atoms with Gasteiger partial charge in [0.1, 0.15) is 0 Å². The van der Waals surface area contributed by atoms with E-state index in [1.807, 2.05) is 94.1 Å². The van der Waals surface area contributed by atoms with Crippen LogP contribution in [-0.4, -0.2) is 70.9 Å². The van der Waals surface area contributed by atoms with Gasteiger partial charge in [-0.1, -0.05) is 452 Å². The Hall–Kier alpha value is 3.60. The maximum Gasteiger partial charge on any atom is 0.259 e. The van der Waals surface area contributed by atoms with Crippen molar-refractivity contribution in [1.82, 2.24) is 10.6 Å². The summed E-state index contributed by atoms with van der Waals surface area (Å²) in [6, 6.07) is 0. The van der Waals surface area contributed by atoms with Crippen LogP contribution in [-0.2, 0) is 9.59 Å². The maximum atomic E-state index is 14.6. The number of carbonyl (C=O) groups excluding carboxylic acids is 2. The van der Waals surface area contributed by atoms with Gasteiger partial charge in [0, 0.05) is 22.9 Å². The fraction of sp³-hybridized carbons (Fsp3) is 0.778. The molecular formula is C90H150N2O2S20. The van der Waals surface area contributed by atoms with Gasteiger partial charge in [-0.25, -0.2) is 0 Å². The third-order valence-electron chi connectivity index (χ3n) is 20.1. The van der Waals surface area contributed by atoms with Crippen LogP contribution in [0.25, 0.3) is 0 Å². The first kappa shape index (κ1) is 106. The second-order valence-electron chi connectivity index (χ2n) is 30.6. The van der Waals surface area contributed by atoms with Gasteiger partial charge in [0.25, 0.3) is 11.8 Å². The number of carbonyl (C=O) groups is 2. The van der Waals surface area contributed by atoms with Crippen molar-refractivity contribution in [2.24, 2.45) is 0 Å². The molecular weight excluding hydrogens is 1780 g/mol. The molecule has 2 N–H and O–H groups in total. The number of allylic oxidation sites excluding steroid dienone is 2. The Morgan fingerprint density at radius 1 is 0.202 bits per heavy atom. The molecule has 6 heterocycles. The SMILES string of the molecule is CCCCCCCCCCSC1=C(SCCCCCCCCCC)SC(=C2SC(C)=C(SCCCCNC(=O)C3=C(C(=O)NCCCCSC4=C(C)SC(=C5SC(SCCCCCCCCCC)=C(SCCCCCCCCCC)S5)S4)SC(=C4SC(SCCCCCCCCCC)=C(SCCCCCCCCCC)S4)S3)S2)S1. The van der Waals surface area contributed by atoms with E-state index in [2.05, 4.69) is 184 Å². The van der Waals surface area contributed by atoms with Gasteiger partial charge in [-0.2, -0.15) is 0 Å². The van der Waals surface area contributed by atoms with Gasteiger partial charge in [-0.3, -0.25) is 9.59 Å². The van der Waals surface area contributed by atoms with E-state index < -0.39 is 0 Å². The lowest BCUT2D eigenvalue weighted by molar-refractivity contribution is -0.119. The molecule has 0 bridgehead atoms. The molecule has 24 heteroatoms. The number of amides is 2. The molecule has 0 aliphatic carbocycles. The zero-order chi connectivity index (χ0) is 80.9. The highest BCUT2D eigenvalue weighted by atomic mass is 32.3. The van der Waals surface area contributed by atoms with Crippen molar-refractivity contribution in [1.29, 1.82) is 0 Å². The molecule has 0 spiro atoms. The van der Waals surface area contributed by atoms with E-state index in [0.717, 1.165) is 52.9 Å². The highest BCUT2D eigenvalue weighted by Crippen LogP contribution is 2.68. The Morgan fingerprint density at radius 2 is 0.360 bits per heavy atom. The molecule has 652 valence electrons. The van der Waals surface area contributed by atoms with Crippen LogP contribution in [0.3, 0.4) is 0 Å². The predicted octanol–water partition coefficient (Wildman–Crippen LogP) is 38.7. The Morgan fingerprint density at radius 3 is 0.570 bits per heavy atom. The standard InChI is InChI=1S/C90H150N2O2S20/c1-9-15-21-27-33-39-45-53-63-97-79-80(98-64-54-46-40-34-28-22-16-10-2)110-88(109-79)85-103-71(7)77(107-85)95-69-59-51-61-91-75(93)73-74(106-87(105-73)90-113-83(101-67-57-49-43-37-31-25-19-13-5)84(114-90)102-68-58-50-44-38-32-26-20-14-6)76(94)92-62-52-60-70-96-78-72(8)104-86(108-78)89-111-81(99-65-55-47-41-35-29-23-17-11-3)82(112-89)100-66-56-48-42-36-30-24-18-12-4/h9-70H2,1-8H3,(H,91,93)(H,92,94). The lowest BCUT2D eigenvalue weighted by Gasteiger charge is -2.09. The number of rotatable bonds is 74. The first-order chi connectivity index (χ1) is 56.1. The van der Waals surface area contributed by atoms with Crippen molar-refractivity contribution in [2.45, 2.75) is 389 Å². The van der Waals surface area contributed by atoms with E-state index in [4.69, 9.17) is 0 Å². The van der Waals surface area contributed by atoms with Crippen LogP contribution in [0.15, 0.2) is 78.9 Å². The molecule has 6 aliphatic heterocycles. The molecule has 6 aliphatic rings. The van der Waals surface area contributed by atoms with Crippen LogP contribution in [0.1, 0.15) is 389 Å². The summed E-state index contributed by atoms with van der Waals surface area (Å²) in [5, 5.41) is 6.70. The van der Waals surface area contributed by atoms with E-state index in [0.29, 0.717) is 22.9 Å². The van der Waals surface area contributed by atoms with E-state index in [-0.39, 0.29) is 11.8 Å². The molecule has 0 radical (unpaired) electrons. The van der Waals surface area contributed by atoms with Crippen LogP contribution < -0.4 is 10.6 Å². The summed E-state index contributed by atoms with van der Waals surface area (Å²) in [5.41, 5.74) is 0. The van der Waals surface area contributed by atoms with Gasteiger partial charge in [-0.05, 0) is 124 Å². The largest absolute Gasteiger partial charge is 0.352 e. The smallest absolute Gasteiger partial charge is 0.259 e. The van der Waals surface area contributed by atoms with Crippen LogP contribution in [0, 0.1) is 0 Å². The Balaban J connectivity index is 1.03. The van der Waals surface area contributed by atoms with Gasteiger partial charge in [0.2, 0.25) is 0 Å². The van der Waals surface area contributed by atoms with Crippen LogP contribution in [0.4, 0.5) is 0 Å². The van der Waals surface area contributed by atoms with Crippen molar-refractivity contribution in [3.8, 4) is 0 Å². The second kappa shape index (κ2) is 71.5. The lowest BCUT2D eigenvalue weighted by atomic mass is 10.1. The van der Waals surface area contributed by atoms with E-state index >= 15 is 0 Å². The van der Waals surface area contributed by atoms with Gasteiger partial charge in [-0.15, -0.1) is 94.1 Å². The second-order valence-corrected chi connectivity index (χ2v) is 55.7. The highest BCUT2D eigenvalue weighted by molar-refractivity contribution is 8.45. The molecule has 0 aromatic rings. The monoisotopic (exact) mass is 1930 g/mol. The summed E-state index contributed by atoms with van der Waals surface area (Å²) >= 11 is 39.8. The predicted molar refractivity (Wildman–Crippen MR) is 565 cm³/mol. The molecule has 4 nitrogen and oxygen atoms in total. The topological polar surface area (TPSA) is 58.2 Å². The molecule has 0 saturated heterocycles. The Labute approximate surface area is 785 Å². The van der Waals surface area contributed by atoms with Crippen LogP contribution >= 0.6 is 235 Å². The van der Waals surface area contributed by atoms with Gasteiger partial charge in [0.15, 0.2) is 0 Å². The van der Waals surface area contributed by atoms with E-state index in [9.17, 15) is 9.59 Å². The van der Waals surface area contributed by atoms with E-state index in [1.165, 1.54) is 379 Å².